The van der Waals surface area contributed by atoms with Gasteiger partial charge in [-0.15, -0.1) is 0 Å². The van der Waals surface area contributed by atoms with Crippen LogP contribution in [0.1, 0.15) is 13.8 Å². The zero-order chi connectivity index (χ0) is 12.5. The van der Waals surface area contributed by atoms with Crippen molar-refractivity contribution in [3.63, 3.8) is 0 Å². The number of rotatable bonds is 7. The fraction of sp³-hybridized carbons (Fsp3) is 0.462. The van der Waals surface area contributed by atoms with Gasteiger partial charge >= 0.3 is 0 Å². The molecule has 1 rings (SSSR count). The van der Waals surface area contributed by atoms with Crippen LogP contribution in [0, 0.1) is 0 Å². The van der Waals surface area contributed by atoms with E-state index >= 15 is 0 Å². The molecule has 0 aromatic heterocycles. The van der Waals surface area contributed by atoms with Crippen molar-refractivity contribution in [1.29, 1.82) is 0 Å². The summed E-state index contributed by atoms with van der Waals surface area (Å²) in [7, 11) is 0. The van der Waals surface area contributed by atoms with Crippen LogP contribution in [-0.2, 0) is 4.79 Å². The van der Waals surface area contributed by atoms with Gasteiger partial charge in [-0.25, -0.2) is 0 Å². The van der Waals surface area contributed by atoms with Crippen molar-refractivity contribution in [2.24, 2.45) is 0 Å². The average Bonchev–Trinajstić information content (AvgIpc) is 2.35. The van der Waals surface area contributed by atoms with Crippen molar-refractivity contribution in [2.75, 3.05) is 23.4 Å². The molecule has 1 atom stereocenters. The van der Waals surface area contributed by atoms with Gasteiger partial charge in [0.2, 0.25) is 5.91 Å². The van der Waals surface area contributed by atoms with E-state index in [2.05, 4.69) is 17.6 Å². The molecule has 0 aliphatic rings. The average molecular weight is 252 g/mol. The zero-order valence-electron chi connectivity index (χ0n) is 10.4. The third-order valence-electron chi connectivity index (χ3n) is 2.21. The van der Waals surface area contributed by atoms with Crippen molar-refractivity contribution in [3.8, 4) is 0 Å². The number of hydrogen-bond acceptors (Lipinski definition) is 3. The summed E-state index contributed by atoms with van der Waals surface area (Å²) in [5.74, 6) is 2.09. The van der Waals surface area contributed by atoms with Crippen molar-refractivity contribution < 1.29 is 4.79 Å². The highest BCUT2D eigenvalue weighted by molar-refractivity contribution is 7.99. The first-order valence-corrected chi connectivity index (χ1v) is 7.04. The normalized spacial score (nSPS) is 11.9. The van der Waals surface area contributed by atoms with Gasteiger partial charge in [-0.3, -0.25) is 4.79 Å². The molecule has 1 unspecified atom stereocenters. The van der Waals surface area contributed by atoms with Crippen LogP contribution in [0.3, 0.4) is 0 Å². The minimum atomic E-state index is 0.0399. The number of carbonyl (C=O) groups excluding carboxylic acids is 1. The molecule has 1 aromatic carbocycles. The molecule has 17 heavy (non-hydrogen) atoms. The topological polar surface area (TPSA) is 41.1 Å². The van der Waals surface area contributed by atoms with E-state index in [0.29, 0.717) is 6.54 Å². The van der Waals surface area contributed by atoms with Crippen molar-refractivity contribution >= 4 is 23.4 Å². The van der Waals surface area contributed by atoms with Crippen LogP contribution in [0.25, 0.3) is 0 Å². The van der Waals surface area contributed by atoms with Gasteiger partial charge in [0.25, 0.3) is 0 Å². The molecule has 1 aromatic rings. The molecule has 0 heterocycles. The van der Waals surface area contributed by atoms with Gasteiger partial charge in [-0.2, -0.15) is 11.8 Å². The number of anilines is 1. The number of amides is 1. The highest BCUT2D eigenvalue weighted by atomic mass is 32.2. The molecule has 0 aliphatic carbocycles. The van der Waals surface area contributed by atoms with Gasteiger partial charge in [0.15, 0.2) is 0 Å². The van der Waals surface area contributed by atoms with E-state index in [1.165, 1.54) is 0 Å². The van der Waals surface area contributed by atoms with Crippen molar-refractivity contribution in [2.45, 2.75) is 19.9 Å². The smallest absolute Gasteiger partial charge is 0.239 e. The third-order valence-corrected chi connectivity index (χ3v) is 3.35. The second-order valence-corrected chi connectivity index (χ2v) is 5.17. The Morgan fingerprint density at radius 1 is 1.35 bits per heavy atom. The fourth-order valence-electron chi connectivity index (χ4n) is 1.40. The molecule has 0 saturated carbocycles. The molecule has 0 aliphatic heterocycles. The third kappa shape index (κ3) is 6.22. The Balaban J connectivity index is 2.21. The molecule has 4 heteroatoms. The van der Waals surface area contributed by atoms with Crippen LogP contribution in [-0.4, -0.2) is 30.0 Å². The van der Waals surface area contributed by atoms with Crippen molar-refractivity contribution in [3.05, 3.63) is 30.3 Å². The number of hydrogen-bond donors (Lipinski definition) is 2. The van der Waals surface area contributed by atoms with Gasteiger partial charge in [-0.05, 0) is 24.8 Å². The SMILES string of the molecule is CCSCC(C)NC(=O)CNc1ccccc1. The monoisotopic (exact) mass is 252 g/mol. The highest BCUT2D eigenvalue weighted by Crippen LogP contribution is 2.04. The van der Waals surface area contributed by atoms with E-state index in [9.17, 15) is 4.79 Å². The summed E-state index contributed by atoms with van der Waals surface area (Å²) < 4.78 is 0. The van der Waals surface area contributed by atoms with Crippen LogP contribution in [0.5, 0.6) is 0 Å². The lowest BCUT2D eigenvalue weighted by atomic mass is 10.3. The van der Waals surface area contributed by atoms with E-state index in [0.717, 1.165) is 17.2 Å². The number of thioether (sulfide) groups is 1. The summed E-state index contributed by atoms with van der Waals surface area (Å²) in [6.07, 6.45) is 0. The Morgan fingerprint density at radius 2 is 2.06 bits per heavy atom. The first-order valence-electron chi connectivity index (χ1n) is 5.88. The largest absolute Gasteiger partial charge is 0.376 e. The lowest BCUT2D eigenvalue weighted by Gasteiger charge is -2.13. The first kappa shape index (κ1) is 13.9. The summed E-state index contributed by atoms with van der Waals surface area (Å²) in [5.41, 5.74) is 0.971. The molecule has 0 spiro atoms. The molecule has 3 nitrogen and oxygen atoms in total. The summed E-state index contributed by atoms with van der Waals surface area (Å²) in [6.45, 7) is 4.48. The van der Waals surface area contributed by atoms with E-state index in [1.807, 2.05) is 49.0 Å². The quantitative estimate of drug-likeness (QED) is 0.782. The van der Waals surface area contributed by atoms with Gasteiger partial charge in [-0.1, -0.05) is 25.1 Å². The number of para-hydroxylation sites is 1. The molecular formula is C13H20N2OS. The summed E-state index contributed by atoms with van der Waals surface area (Å²) in [4.78, 5) is 11.6. The number of benzene rings is 1. The van der Waals surface area contributed by atoms with Crippen LogP contribution in [0.15, 0.2) is 30.3 Å². The molecule has 94 valence electrons. The van der Waals surface area contributed by atoms with Crippen LogP contribution < -0.4 is 10.6 Å². The number of carbonyl (C=O) groups is 1. The van der Waals surface area contributed by atoms with Gasteiger partial charge in [0, 0.05) is 17.5 Å². The van der Waals surface area contributed by atoms with E-state index in [1.54, 1.807) is 0 Å². The molecule has 2 N–H and O–H groups in total. The summed E-state index contributed by atoms with van der Waals surface area (Å²) >= 11 is 1.84. The summed E-state index contributed by atoms with van der Waals surface area (Å²) in [6, 6.07) is 9.97. The van der Waals surface area contributed by atoms with E-state index in [-0.39, 0.29) is 11.9 Å². The maximum atomic E-state index is 11.6. The standard InChI is InChI=1S/C13H20N2OS/c1-3-17-10-11(2)15-13(16)9-14-12-7-5-4-6-8-12/h4-8,11,14H,3,9-10H2,1-2H3,(H,15,16). The first-order chi connectivity index (χ1) is 8.22. The maximum Gasteiger partial charge on any atom is 0.239 e. The predicted molar refractivity (Wildman–Crippen MR) is 75.5 cm³/mol. The molecule has 0 saturated heterocycles. The lowest BCUT2D eigenvalue weighted by molar-refractivity contribution is -0.119. The maximum absolute atomic E-state index is 11.6. The Kier molecular flexibility index (Phi) is 6.55. The molecule has 1 amide bonds. The van der Waals surface area contributed by atoms with Gasteiger partial charge < -0.3 is 10.6 Å². The minimum absolute atomic E-state index is 0.0399. The Morgan fingerprint density at radius 3 is 2.71 bits per heavy atom. The predicted octanol–water partition coefficient (Wildman–Crippen LogP) is 2.36. The van der Waals surface area contributed by atoms with Crippen LogP contribution >= 0.6 is 11.8 Å². The molecule has 0 bridgehead atoms. The van der Waals surface area contributed by atoms with Crippen LogP contribution in [0.4, 0.5) is 5.69 Å². The Bertz CT molecular complexity index is 329. The number of nitrogens with one attached hydrogen (secondary N) is 2. The minimum Gasteiger partial charge on any atom is -0.376 e. The second-order valence-electron chi connectivity index (χ2n) is 3.85. The van der Waals surface area contributed by atoms with E-state index in [4.69, 9.17) is 0 Å². The van der Waals surface area contributed by atoms with Gasteiger partial charge in [0.1, 0.15) is 0 Å². The van der Waals surface area contributed by atoms with Crippen molar-refractivity contribution in [1.82, 2.24) is 5.32 Å². The van der Waals surface area contributed by atoms with Crippen LogP contribution in [0.2, 0.25) is 0 Å². The second kappa shape index (κ2) is 8.01. The lowest BCUT2D eigenvalue weighted by Crippen LogP contribution is -2.38. The molecule has 0 fully saturated rings. The zero-order valence-corrected chi connectivity index (χ0v) is 11.2. The van der Waals surface area contributed by atoms with E-state index < -0.39 is 0 Å². The summed E-state index contributed by atoms with van der Waals surface area (Å²) in [5, 5.41) is 6.05. The molecular weight excluding hydrogens is 232 g/mol. The highest BCUT2D eigenvalue weighted by Gasteiger charge is 2.06. The Labute approximate surface area is 107 Å². The fourth-order valence-corrected chi connectivity index (χ4v) is 2.07. The van der Waals surface area contributed by atoms with Gasteiger partial charge in [0.05, 0.1) is 6.54 Å². The molecule has 0 radical (unpaired) electrons. The Hall–Kier alpha value is -1.16.